The lowest BCUT2D eigenvalue weighted by Crippen LogP contribution is -2.27. The van der Waals surface area contributed by atoms with Gasteiger partial charge in [-0.1, -0.05) is 0 Å². The second-order valence-electron chi connectivity index (χ2n) is 6.31. The monoisotopic (exact) mass is 401 g/mol. The Morgan fingerprint density at radius 2 is 1.93 bits per heavy atom. The summed E-state index contributed by atoms with van der Waals surface area (Å²) in [7, 11) is 3.35. The number of amides is 2. The van der Waals surface area contributed by atoms with Gasteiger partial charge in [0, 0.05) is 32.4 Å². The fraction of sp³-hybridized carbons (Fsp3) is 0.312. The molecular weight excluding hydrogens is 382 g/mol. The van der Waals surface area contributed by atoms with Crippen molar-refractivity contribution < 1.29 is 14.5 Å². The van der Waals surface area contributed by atoms with E-state index in [1.807, 2.05) is 0 Å². The molecule has 0 atom stereocenters. The summed E-state index contributed by atoms with van der Waals surface area (Å²) >= 11 is 0. The zero-order valence-corrected chi connectivity index (χ0v) is 16.0. The van der Waals surface area contributed by atoms with Crippen molar-refractivity contribution in [2.45, 2.75) is 20.0 Å². The van der Waals surface area contributed by atoms with Crippen LogP contribution in [0.25, 0.3) is 0 Å². The molecule has 2 amide bonds. The maximum absolute atomic E-state index is 12.6. The van der Waals surface area contributed by atoms with Crippen LogP contribution >= 0.6 is 0 Å². The van der Waals surface area contributed by atoms with E-state index in [4.69, 9.17) is 0 Å². The summed E-state index contributed by atoms with van der Waals surface area (Å²) in [6.07, 6.45) is 5.86. The molecule has 0 aliphatic carbocycles. The molecule has 29 heavy (non-hydrogen) atoms. The lowest BCUT2D eigenvalue weighted by molar-refractivity contribution is -0.385. The van der Waals surface area contributed by atoms with Crippen molar-refractivity contribution in [1.82, 2.24) is 34.7 Å². The van der Waals surface area contributed by atoms with Gasteiger partial charge in [-0.05, 0) is 6.92 Å². The van der Waals surface area contributed by atoms with Gasteiger partial charge in [-0.25, -0.2) is 0 Å². The Balaban J connectivity index is 1.68. The summed E-state index contributed by atoms with van der Waals surface area (Å²) in [5, 5.41) is 28.1. The Labute approximate surface area is 164 Å². The van der Waals surface area contributed by atoms with Crippen LogP contribution < -0.4 is 10.6 Å². The molecule has 0 aromatic carbocycles. The predicted molar refractivity (Wildman–Crippen MR) is 99.8 cm³/mol. The van der Waals surface area contributed by atoms with Crippen molar-refractivity contribution in [3.05, 3.63) is 51.9 Å². The molecule has 13 nitrogen and oxygen atoms in total. The lowest BCUT2D eigenvalue weighted by atomic mass is 10.3. The first-order valence-electron chi connectivity index (χ1n) is 8.50. The van der Waals surface area contributed by atoms with Gasteiger partial charge in [-0.2, -0.15) is 15.3 Å². The van der Waals surface area contributed by atoms with Crippen LogP contribution in [0, 0.1) is 17.0 Å². The highest BCUT2D eigenvalue weighted by atomic mass is 16.6. The highest BCUT2D eigenvalue weighted by molar-refractivity contribution is 6.02. The van der Waals surface area contributed by atoms with E-state index in [-0.39, 0.29) is 35.9 Å². The molecule has 0 aliphatic heterocycles. The summed E-state index contributed by atoms with van der Waals surface area (Å²) < 4.78 is 4.18. The fourth-order valence-corrected chi connectivity index (χ4v) is 2.73. The van der Waals surface area contributed by atoms with Gasteiger partial charge in [0.15, 0.2) is 0 Å². The highest BCUT2D eigenvalue weighted by Crippen LogP contribution is 2.17. The van der Waals surface area contributed by atoms with Crippen LogP contribution in [0.1, 0.15) is 21.7 Å². The van der Waals surface area contributed by atoms with Crippen molar-refractivity contribution in [3.8, 4) is 0 Å². The van der Waals surface area contributed by atoms with Crippen molar-refractivity contribution in [2.75, 3.05) is 5.32 Å². The number of carbonyl (C=O) groups is 2. The van der Waals surface area contributed by atoms with Crippen molar-refractivity contribution in [2.24, 2.45) is 14.1 Å². The Hall–Kier alpha value is -4.03. The number of nitrogens with one attached hydrogen (secondary N) is 2. The van der Waals surface area contributed by atoms with E-state index >= 15 is 0 Å². The van der Waals surface area contributed by atoms with Gasteiger partial charge in [0.25, 0.3) is 5.91 Å². The van der Waals surface area contributed by atoms with E-state index in [9.17, 15) is 19.7 Å². The number of nitro groups is 1. The standard InChI is InChI=1S/C16H19N9O4/c1-10-13(25(28)29)7-20-24(10)9-14(26)21-12-6-19-23(3)15(12)16(27)17-4-11-5-18-22(2)8-11/h5-8H,4,9H2,1-3H3,(H,17,27)(H,21,26). The zero-order chi connectivity index (χ0) is 21.1. The molecule has 0 fully saturated rings. The first kappa shape index (κ1) is 19.7. The van der Waals surface area contributed by atoms with Crippen LogP contribution in [0.4, 0.5) is 11.4 Å². The first-order chi connectivity index (χ1) is 13.8. The minimum atomic E-state index is -0.567. The normalized spacial score (nSPS) is 10.7. The number of hydrogen-bond acceptors (Lipinski definition) is 7. The fourth-order valence-electron chi connectivity index (χ4n) is 2.73. The van der Waals surface area contributed by atoms with Crippen LogP contribution in [-0.2, 0) is 32.0 Å². The number of hydrogen-bond donors (Lipinski definition) is 2. The van der Waals surface area contributed by atoms with Gasteiger partial charge in [0.2, 0.25) is 5.91 Å². The van der Waals surface area contributed by atoms with Gasteiger partial charge >= 0.3 is 5.69 Å². The number of nitrogens with zero attached hydrogens (tertiary/aromatic N) is 7. The Morgan fingerprint density at radius 1 is 1.17 bits per heavy atom. The van der Waals surface area contributed by atoms with E-state index in [0.717, 1.165) is 11.8 Å². The SMILES string of the molecule is Cc1c([N+](=O)[O-])cnn1CC(=O)Nc1cnn(C)c1C(=O)NCc1cnn(C)c1. The second-order valence-corrected chi connectivity index (χ2v) is 6.31. The molecule has 0 unspecified atom stereocenters. The molecule has 0 saturated heterocycles. The quantitative estimate of drug-likeness (QED) is 0.421. The Bertz CT molecular complexity index is 1080. The predicted octanol–water partition coefficient (Wildman–Crippen LogP) is 0.135. The highest BCUT2D eigenvalue weighted by Gasteiger charge is 2.21. The molecule has 0 spiro atoms. The number of aryl methyl sites for hydroxylation is 2. The van der Waals surface area contributed by atoms with Gasteiger partial charge in [-0.3, -0.25) is 33.7 Å². The van der Waals surface area contributed by atoms with Gasteiger partial charge in [-0.15, -0.1) is 0 Å². The lowest BCUT2D eigenvalue weighted by Gasteiger charge is -2.09. The zero-order valence-electron chi connectivity index (χ0n) is 16.0. The van der Waals surface area contributed by atoms with E-state index in [1.165, 1.54) is 22.5 Å². The van der Waals surface area contributed by atoms with E-state index < -0.39 is 16.7 Å². The minimum Gasteiger partial charge on any atom is -0.346 e. The van der Waals surface area contributed by atoms with Crippen molar-refractivity contribution in [1.29, 1.82) is 0 Å². The van der Waals surface area contributed by atoms with Crippen LogP contribution in [-0.4, -0.2) is 46.1 Å². The molecular formula is C16H19N9O4. The number of carbonyl (C=O) groups excluding carboxylic acids is 2. The third-order valence-corrected chi connectivity index (χ3v) is 4.21. The summed E-state index contributed by atoms with van der Waals surface area (Å²) in [5.74, 6) is -0.921. The summed E-state index contributed by atoms with van der Waals surface area (Å²) in [4.78, 5) is 35.2. The van der Waals surface area contributed by atoms with E-state index in [1.54, 1.807) is 31.2 Å². The largest absolute Gasteiger partial charge is 0.346 e. The molecule has 3 aromatic heterocycles. The molecule has 152 valence electrons. The smallest absolute Gasteiger partial charge is 0.309 e. The average molecular weight is 401 g/mol. The minimum absolute atomic E-state index is 0.172. The molecule has 0 aliphatic rings. The third-order valence-electron chi connectivity index (χ3n) is 4.21. The van der Waals surface area contributed by atoms with Crippen molar-refractivity contribution >= 4 is 23.2 Å². The maximum Gasteiger partial charge on any atom is 0.309 e. The number of rotatable bonds is 7. The molecule has 0 bridgehead atoms. The summed E-state index contributed by atoms with van der Waals surface area (Å²) in [6, 6.07) is 0. The number of anilines is 1. The topological polar surface area (TPSA) is 155 Å². The first-order valence-corrected chi connectivity index (χ1v) is 8.50. The maximum atomic E-state index is 12.6. The second kappa shape index (κ2) is 7.92. The molecule has 3 rings (SSSR count). The number of aromatic nitrogens is 6. The van der Waals surface area contributed by atoms with Gasteiger partial charge in [0.05, 0.1) is 23.0 Å². The molecule has 3 heterocycles. The molecule has 13 heteroatoms. The molecule has 3 aromatic rings. The Morgan fingerprint density at radius 3 is 2.55 bits per heavy atom. The van der Waals surface area contributed by atoms with Crippen LogP contribution in [0.2, 0.25) is 0 Å². The van der Waals surface area contributed by atoms with Gasteiger partial charge < -0.3 is 10.6 Å². The van der Waals surface area contributed by atoms with Crippen LogP contribution in [0.5, 0.6) is 0 Å². The van der Waals surface area contributed by atoms with Crippen LogP contribution in [0.3, 0.4) is 0 Å². The molecule has 0 saturated carbocycles. The van der Waals surface area contributed by atoms with Crippen LogP contribution in [0.15, 0.2) is 24.8 Å². The molecule has 0 radical (unpaired) electrons. The van der Waals surface area contributed by atoms with Crippen molar-refractivity contribution in [3.63, 3.8) is 0 Å². The summed E-state index contributed by atoms with van der Waals surface area (Å²) in [5.41, 5.74) is 1.30. The van der Waals surface area contributed by atoms with Gasteiger partial charge in [0.1, 0.15) is 24.1 Å². The molecule has 2 N–H and O–H groups in total. The van der Waals surface area contributed by atoms with E-state index in [0.29, 0.717) is 0 Å². The third kappa shape index (κ3) is 4.28. The Kier molecular flexibility index (Phi) is 5.38. The summed E-state index contributed by atoms with van der Waals surface area (Å²) in [6.45, 7) is 1.52. The average Bonchev–Trinajstić information content (AvgIpc) is 3.33. The van der Waals surface area contributed by atoms with E-state index in [2.05, 4.69) is 25.9 Å².